The van der Waals surface area contributed by atoms with Gasteiger partial charge >= 0.3 is 0 Å². The fourth-order valence-corrected chi connectivity index (χ4v) is 4.47. The maximum atomic E-state index is 12.7. The summed E-state index contributed by atoms with van der Waals surface area (Å²) in [5, 5.41) is 2.87. The van der Waals surface area contributed by atoms with Crippen LogP contribution < -0.4 is 5.32 Å². The molecule has 0 fully saturated rings. The fourth-order valence-electron chi connectivity index (χ4n) is 3.33. The van der Waals surface area contributed by atoms with Crippen LogP contribution in [0.4, 0.5) is 0 Å². The molecule has 1 aromatic heterocycles. The molecule has 1 amide bonds. The third-order valence-corrected chi connectivity index (χ3v) is 6.93. The van der Waals surface area contributed by atoms with Crippen molar-refractivity contribution in [2.45, 2.75) is 50.5 Å². The monoisotopic (exact) mass is 416 g/mol. The number of nitrogens with one attached hydrogen (secondary N) is 1. The van der Waals surface area contributed by atoms with Crippen LogP contribution in [-0.4, -0.2) is 32.2 Å². The number of aryl methyl sites for hydroxylation is 1. The number of rotatable bonds is 8. The first-order valence-corrected chi connectivity index (χ1v) is 11.4. The second kappa shape index (κ2) is 9.41. The lowest BCUT2D eigenvalue weighted by molar-refractivity contribution is 0.0924. The van der Waals surface area contributed by atoms with E-state index in [4.69, 9.17) is 4.42 Å². The summed E-state index contributed by atoms with van der Waals surface area (Å²) in [7, 11) is -2.13. The molecule has 7 heteroatoms. The summed E-state index contributed by atoms with van der Waals surface area (Å²) < 4.78 is 32.2. The highest BCUT2D eigenvalue weighted by molar-refractivity contribution is 7.89. The lowest BCUT2D eigenvalue weighted by Gasteiger charge is -2.16. The Morgan fingerprint density at radius 3 is 2.59 bits per heavy atom. The highest BCUT2D eigenvalue weighted by Crippen LogP contribution is 2.20. The van der Waals surface area contributed by atoms with E-state index < -0.39 is 10.0 Å². The van der Waals surface area contributed by atoms with Gasteiger partial charge in [-0.2, -0.15) is 4.31 Å². The van der Waals surface area contributed by atoms with Gasteiger partial charge in [0.25, 0.3) is 5.91 Å². The molecule has 2 aromatic rings. The van der Waals surface area contributed by atoms with Gasteiger partial charge in [0, 0.05) is 13.6 Å². The van der Waals surface area contributed by atoms with E-state index in [1.165, 1.54) is 29.8 Å². The largest absolute Gasteiger partial charge is 0.455 e. The molecule has 0 spiro atoms. The van der Waals surface area contributed by atoms with Crippen LogP contribution in [0.3, 0.4) is 0 Å². The van der Waals surface area contributed by atoms with Gasteiger partial charge < -0.3 is 9.73 Å². The van der Waals surface area contributed by atoms with Crippen molar-refractivity contribution in [1.82, 2.24) is 9.62 Å². The molecule has 1 aromatic carbocycles. The van der Waals surface area contributed by atoms with Gasteiger partial charge in [-0.05, 0) is 63.3 Å². The summed E-state index contributed by atoms with van der Waals surface area (Å²) in [6.45, 7) is 2.53. The number of hydrogen-bond donors (Lipinski definition) is 1. The number of amides is 1. The van der Waals surface area contributed by atoms with E-state index >= 15 is 0 Å². The summed E-state index contributed by atoms with van der Waals surface area (Å²) in [5.74, 6) is 0.332. The number of benzene rings is 1. The molecule has 1 aliphatic carbocycles. The molecule has 0 aliphatic heterocycles. The van der Waals surface area contributed by atoms with Gasteiger partial charge in [-0.15, -0.1) is 0 Å². The van der Waals surface area contributed by atoms with Crippen LogP contribution in [0.15, 0.2) is 57.4 Å². The average Bonchev–Trinajstić information content (AvgIpc) is 3.17. The molecule has 0 saturated carbocycles. The SMILES string of the molecule is Cc1ccc(S(=O)(=O)N(C)Cc2ccc(C(=O)NCCC3=CCCCC3)o2)cc1. The van der Waals surface area contributed by atoms with Crippen LogP contribution >= 0.6 is 0 Å². The van der Waals surface area contributed by atoms with Crippen molar-refractivity contribution < 1.29 is 17.6 Å². The molecule has 0 atom stereocenters. The zero-order valence-electron chi connectivity index (χ0n) is 17.0. The Hall–Kier alpha value is -2.38. The van der Waals surface area contributed by atoms with Crippen molar-refractivity contribution in [3.63, 3.8) is 0 Å². The predicted octanol–water partition coefficient (Wildman–Crippen LogP) is 4.03. The summed E-state index contributed by atoms with van der Waals surface area (Å²) in [6.07, 6.45) is 7.84. The van der Waals surface area contributed by atoms with E-state index in [1.807, 2.05) is 6.92 Å². The van der Waals surface area contributed by atoms with Gasteiger partial charge in [0.1, 0.15) is 5.76 Å². The van der Waals surface area contributed by atoms with Crippen molar-refractivity contribution in [2.24, 2.45) is 0 Å². The molecule has 0 radical (unpaired) electrons. The van der Waals surface area contributed by atoms with Crippen LogP contribution in [-0.2, 0) is 16.6 Å². The molecule has 1 heterocycles. The summed E-state index contributed by atoms with van der Waals surface area (Å²) >= 11 is 0. The van der Waals surface area contributed by atoms with Crippen molar-refractivity contribution in [3.05, 3.63) is 65.1 Å². The number of hydrogen-bond acceptors (Lipinski definition) is 4. The van der Waals surface area contributed by atoms with Crippen molar-refractivity contribution in [2.75, 3.05) is 13.6 Å². The molecule has 1 aliphatic rings. The van der Waals surface area contributed by atoms with Crippen LogP contribution in [0.5, 0.6) is 0 Å². The Morgan fingerprint density at radius 2 is 1.90 bits per heavy atom. The molecule has 0 unspecified atom stereocenters. The van der Waals surface area contributed by atoms with Gasteiger partial charge in [-0.1, -0.05) is 29.3 Å². The van der Waals surface area contributed by atoms with E-state index in [0.29, 0.717) is 12.3 Å². The number of furan rings is 1. The lowest BCUT2D eigenvalue weighted by atomic mass is 9.97. The Bertz CT molecular complexity index is 974. The van der Waals surface area contributed by atoms with Crippen molar-refractivity contribution in [1.29, 1.82) is 0 Å². The Morgan fingerprint density at radius 1 is 1.14 bits per heavy atom. The number of sulfonamides is 1. The zero-order valence-corrected chi connectivity index (χ0v) is 17.8. The molecular formula is C22H28N2O4S. The molecule has 29 heavy (non-hydrogen) atoms. The van der Waals surface area contributed by atoms with Gasteiger partial charge in [0.05, 0.1) is 11.4 Å². The van der Waals surface area contributed by atoms with E-state index in [2.05, 4.69) is 11.4 Å². The van der Waals surface area contributed by atoms with Gasteiger partial charge in [0.2, 0.25) is 10.0 Å². The smallest absolute Gasteiger partial charge is 0.287 e. The maximum absolute atomic E-state index is 12.7. The minimum atomic E-state index is -3.63. The first-order valence-electron chi connectivity index (χ1n) is 9.94. The average molecular weight is 417 g/mol. The van der Waals surface area contributed by atoms with E-state index in [1.54, 1.807) is 36.4 Å². The van der Waals surface area contributed by atoms with E-state index in [-0.39, 0.29) is 23.1 Å². The Balaban J connectivity index is 1.55. The predicted molar refractivity (Wildman–Crippen MR) is 112 cm³/mol. The Kier molecular flexibility index (Phi) is 6.92. The third kappa shape index (κ3) is 5.58. The molecular weight excluding hydrogens is 388 g/mol. The van der Waals surface area contributed by atoms with Gasteiger partial charge in [-0.3, -0.25) is 4.79 Å². The summed E-state index contributed by atoms with van der Waals surface area (Å²) in [6, 6.07) is 9.92. The minimum Gasteiger partial charge on any atom is -0.455 e. The first-order chi connectivity index (χ1) is 13.9. The number of carbonyl (C=O) groups excluding carboxylic acids is 1. The molecule has 0 saturated heterocycles. The normalized spacial score (nSPS) is 14.7. The zero-order chi connectivity index (χ0) is 20.9. The van der Waals surface area contributed by atoms with Crippen LogP contribution in [0.25, 0.3) is 0 Å². The highest BCUT2D eigenvalue weighted by Gasteiger charge is 2.22. The lowest BCUT2D eigenvalue weighted by Crippen LogP contribution is -2.26. The van der Waals surface area contributed by atoms with Crippen LogP contribution in [0.1, 0.15) is 54.0 Å². The van der Waals surface area contributed by atoms with Crippen molar-refractivity contribution >= 4 is 15.9 Å². The van der Waals surface area contributed by atoms with Crippen LogP contribution in [0, 0.1) is 6.92 Å². The van der Waals surface area contributed by atoms with E-state index in [9.17, 15) is 13.2 Å². The van der Waals surface area contributed by atoms with Crippen molar-refractivity contribution in [3.8, 4) is 0 Å². The Labute approximate surface area is 172 Å². The number of nitrogens with zero attached hydrogens (tertiary/aromatic N) is 1. The minimum absolute atomic E-state index is 0.0520. The number of carbonyl (C=O) groups is 1. The fraction of sp³-hybridized carbons (Fsp3) is 0.409. The van der Waals surface area contributed by atoms with Crippen LogP contribution in [0.2, 0.25) is 0 Å². The highest BCUT2D eigenvalue weighted by atomic mass is 32.2. The third-order valence-electron chi connectivity index (χ3n) is 5.11. The summed E-state index contributed by atoms with van der Waals surface area (Å²) in [4.78, 5) is 12.5. The summed E-state index contributed by atoms with van der Waals surface area (Å²) in [5.41, 5.74) is 2.40. The molecule has 3 rings (SSSR count). The number of allylic oxidation sites excluding steroid dienone is 1. The maximum Gasteiger partial charge on any atom is 0.287 e. The topological polar surface area (TPSA) is 79.6 Å². The van der Waals surface area contributed by atoms with Gasteiger partial charge in [0.15, 0.2) is 5.76 Å². The van der Waals surface area contributed by atoms with E-state index in [0.717, 1.165) is 24.8 Å². The standard InChI is InChI=1S/C22H28N2O4S/c1-17-8-11-20(12-9-17)29(26,27)24(2)16-19-10-13-21(28-19)22(25)23-15-14-18-6-4-3-5-7-18/h6,8-13H,3-5,7,14-16H2,1-2H3,(H,23,25). The molecule has 6 nitrogen and oxygen atoms in total. The quantitative estimate of drug-likeness (QED) is 0.659. The second-order valence-electron chi connectivity index (χ2n) is 7.45. The first kappa shape index (κ1) is 21.3. The molecule has 0 bridgehead atoms. The molecule has 156 valence electrons. The second-order valence-corrected chi connectivity index (χ2v) is 9.50. The van der Waals surface area contributed by atoms with Gasteiger partial charge in [-0.25, -0.2) is 8.42 Å². The molecule has 1 N–H and O–H groups in total.